The van der Waals surface area contributed by atoms with E-state index in [-0.39, 0.29) is 12.8 Å². The minimum absolute atomic E-state index is 0.0228. The second kappa shape index (κ2) is 5.74. The average molecular weight is 288 g/mol. The van der Waals surface area contributed by atoms with Gasteiger partial charge in [0.1, 0.15) is 5.41 Å². The second-order valence-electron chi connectivity index (χ2n) is 4.79. The molecule has 21 heavy (non-hydrogen) atoms. The number of nitrogens with zero attached hydrogens (tertiary/aromatic N) is 1. The standard InChI is InChI=1S/C14H16N4O3/c1-2-14(11(19)16-13(21)17-12(14)20)8-10(18-15)9-6-4-3-5-7-9/h3-7H,2,8,15H2,1H3,(H2,16,17,19,20,21)/b18-10-. The summed E-state index contributed by atoms with van der Waals surface area (Å²) in [4.78, 5) is 35.5. The Bertz CT molecular complexity index is 590. The molecule has 110 valence electrons. The molecule has 0 spiro atoms. The van der Waals surface area contributed by atoms with E-state index < -0.39 is 23.3 Å². The first-order valence-electron chi connectivity index (χ1n) is 6.52. The summed E-state index contributed by atoms with van der Waals surface area (Å²) in [5, 5.41) is 7.96. The predicted molar refractivity (Wildman–Crippen MR) is 76.2 cm³/mol. The number of carbonyl (C=O) groups excluding carboxylic acids is 3. The van der Waals surface area contributed by atoms with Crippen LogP contribution in [-0.4, -0.2) is 23.6 Å². The van der Waals surface area contributed by atoms with Gasteiger partial charge in [-0.05, 0) is 12.0 Å². The van der Waals surface area contributed by atoms with Crippen molar-refractivity contribution < 1.29 is 14.4 Å². The minimum atomic E-state index is -1.39. The fourth-order valence-corrected chi connectivity index (χ4v) is 2.33. The quantitative estimate of drug-likeness (QED) is 0.324. The van der Waals surface area contributed by atoms with E-state index in [2.05, 4.69) is 15.7 Å². The van der Waals surface area contributed by atoms with Crippen molar-refractivity contribution in [3.05, 3.63) is 35.9 Å². The molecule has 7 heteroatoms. The lowest BCUT2D eigenvalue weighted by Gasteiger charge is -2.33. The molecule has 4 N–H and O–H groups in total. The van der Waals surface area contributed by atoms with Crippen molar-refractivity contribution in [2.45, 2.75) is 19.8 Å². The Kier molecular flexibility index (Phi) is 4.02. The SMILES string of the molecule is CCC1(C/C(=N/N)c2ccccc2)C(=O)NC(=O)NC1=O. The fraction of sp³-hybridized carbons (Fsp3) is 0.286. The summed E-state index contributed by atoms with van der Waals surface area (Å²) in [6.45, 7) is 1.70. The number of imide groups is 2. The summed E-state index contributed by atoms with van der Waals surface area (Å²) in [5.41, 5.74) is -0.232. The first-order chi connectivity index (χ1) is 10.0. The third-order valence-corrected chi connectivity index (χ3v) is 3.66. The molecule has 0 unspecified atom stereocenters. The summed E-state index contributed by atoms with van der Waals surface area (Å²) in [7, 11) is 0. The highest BCUT2D eigenvalue weighted by Gasteiger charge is 2.49. The fourth-order valence-electron chi connectivity index (χ4n) is 2.33. The van der Waals surface area contributed by atoms with Gasteiger partial charge in [-0.1, -0.05) is 37.3 Å². The van der Waals surface area contributed by atoms with Gasteiger partial charge in [0, 0.05) is 6.42 Å². The van der Waals surface area contributed by atoms with Gasteiger partial charge in [-0.25, -0.2) is 4.79 Å². The topological polar surface area (TPSA) is 114 Å². The van der Waals surface area contributed by atoms with Crippen molar-refractivity contribution >= 4 is 23.6 Å². The molecule has 0 atom stereocenters. The van der Waals surface area contributed by atoms with Crippen LogP contribution in [0.4, 0.5) is 4.79 Å². The molecule has 1 fully saturated rings. The van der Waals surface area contributed by atoms with Crippen LogP contribution in [0.25, 0.3) is 0 Å². The maximum Gasteiger partial charge on any atom is 0.328 e. The first-order valence-corrected chi connectivity index (χ1v) is 6.52. The van der Waals surface area contributed by atoms with Crippen molar-refractivity contribution in [1.82, 2.24) is 10.6 Å². The van der Waals surface area contributed by atoms with E-state index in [1.54, 1.807) is 19.1 Å². The zero-order chi connectivity index (χ0) is 15.5. The lowest BCUT2D eigenvalue weighted by atomic mass is 9.76. The van der Waals surface area contributed by atoms with Crippen LogP contribution in [0.2, 0.25) is 0 Å². The van der Waals surface area contributed by atoms with E-state index in [1.165, 1.54) is 0 Å². The summed E-state index contributed by atoms with van der Waals surface area (Å²) in [6.07, 6.45) is 0.249. The highest BCUT2D eigenvalue weighted by atomic mass is 16.2. The van der Waals surface area contributed by atoms with E-state index in [1.807, 2.05) is 18.2 Å². The van der Waals surface area contributed by atoms with Crippen LogP contribution >= 0.6 is 0 Å². The summed E-state index contributed by atoms with van der Waals surface area (Å²) in [5.74, 6) is 4.15. The molecule has 1 heterocycles. The molecule has 0 radical (unpaired) electrons. The average Bonchev–Trinajstić information content (AvgIpc) is 2.48. The largest absolute Gasteiger partial charge is 0.328 e. The number of hydrogen-bond acceptors (Lipinski definition) is 5. The van der Waals surface area contributed by atoms with E-state index in [9.17, 15) is 14.4 Å². The molecule has 1 aromatic rings. The van der Waals surface area contributed by atoms with Crippen molar-refractivity contribution in [3.63, 3.8) is 0 Å². The Morgan fingerprint density at radius 1 is 1.14 bits per heavy atom. The van der Waals surface area contributed by atoms with Crippen LogP contribution in [0, 0.1) is 5.41 Å². The number of nitrogens with one attached hydrogen (secondary N) is 2. The maximum absolute atomic E-state index is 12.2. The van der Waals surface area contributed by atoms with Crippen LogP contribution < -0.4 is 16.5 Å². The van der Waals surface area contributed by atoms with Gasteiger partial charge in [0.25, 0.3) is 0 Å². The van der Waals surface area contributed by atoms with Gasteiger partial charge in [0.15, 0.2) is 0 Å². The van der Waals surface area contributed by atoms with Crippen LogP contribution in [0.5, 0.6) is 0 Å². The molecule has 0 aliphatic carbocycles. The zero-order valence-electron chi connectivity index (χ0n) is 11.6. The Morgan fingerprint density at radius 2 is 1.71 bits per heavy atom. The van der Waals surface area contributed by atoms with E-state index in [4.69, 9.17) is 5.84 Å². The van der Waals surface area contributed by atoms with Crippen LogP contribution in [-0.2, 0) is 9.59 Å². The molecular weight excluding hydrogens is 272 g/mol. The first kappa shape index (κ1) is 14.7. The molecule has 7 nitrogen and oxygen atoms in total. The van der Waals surface area contributed by atoms with Crippen LogP contribution in [0.15, 0.2) is 35.4 Å². The van der Waals surface area contributed by atoms with E-state index in [0.29, 0.717) is 5.71 Å². The number of barbiturate groups is 1. The number of benzene rings is 1. The molecule has 0 saturated carbocycles. The van der Waals surface area contributed by atoms with Crippen molar-refractivity contribution in [1.29, 1.82) is 0 Å². The molecule has 4 amide bonds. The third kappa shape index (κ3) is 2.62. The smallest absolute Gasteiger partial charge is 0.323 e. The van der Waals surface area contributed by atoms with Gasteiger partial charge in [-0.15, -0.1) is 0 Å². The van der Waals surface area contributed by atoms with Crippen molar-refractivity contribution in [2.75, 3.05) is 0 Å². The maximum atomic E-state index is 12.2. The third-order valence-electron chi connectivity index (χ3n) is 3.66. The normalized spacial score (nSPS) is 18.1. The second-order valence-corrected chi connectivity index (χ2v) is 4.79. The molecule has 2 rings (SSSR count). The number of rotatable bonds is 4. The lowest BCUT2D eigenvalue weighted by molar-refractivity contribution is -0.144. The molecule has 1 saturated heterocycles. The zero-order valence-corrected chi connectivity index (χ0v) is 11.6. The molecule has 0 aromatic heterocycles. The number of urea groups is 1. The lowest BCUT2D eigenvalue weighted by Crippen LogP contribution is -2.62. The van der Waals surface area contributed by atoms with Crippen molar-refractivity contribution in [2.24, 2.45) is 16.4 Å². The van der Waals surface area contributed by atoms with Crippen LogP contribution in [0.3, 0.4) is 0 Å². The van der Waals surface area contributed by atoms with E-state index >= 15 is 0 Å². The molecule has 1 aromatic carbocycles. The number of hydrogen-bond donors (Lipinski definition) is 3. The number of hydrazone groups is 1. The Labute approximate surface area is 121 Å². The molecule has 1 aliphatic rings. The Morgan fingerprint density at radius 3 is 2.19 bits per heavy atom. The Balaban J connectivity index is 2.35. The van der Waals surface area contributed by atoms with Gasteiger partial charge in [0.05, 0.1) is 5.71 Å². The predicted octanol–water partition coefficient (Wildman–Crippen LogP) is 0.502. The van der Waals surface area contributed by atoms with Gasteiger partial charge in [0.2, 0.25) is 11.8 Å². The summed E-state index contributed by atoms with van der Waals surface area (Å²) >= 11 is 0. The van der Waals surface area contributed by atoms with Crippen molar-refractivity contribution in [3.8, 4) is 0 Å². The number of nitrogens with two attached hydrogens (primary N) is 1. The number of amides is 4. The van der Waals surface area contributed by atoms with Crippen LogP contribution in [0.1, 0.15) is 25.3 Å². The number of carbonyl (C=O) groups is 3. The summed E-state index contributed by atoms with van der Waals surface area (Å²) in [6, 6.07) is 8.23. The minimum Gasteiger partial charge on any atom is -0.323 e. The van der Waals surface area contributed by atoms with Gasteiger partial charge < -0.3 is 5.84 Å². The van der Waals surface area contributed by atoms with Gasteiger partial charge in [-0.3, -0.25) is 20.2 Å². The highest BCUT2D eigenvalue weighted by Crippen LogP contribution is 2.31. The summed E-state index contributed by atoms with van der Waals surface area (Å²) < 4.78 is 0. The molecule has 1 aliphatic heterocycles. The molecule has 0 bridgehead atoms. The Hall–Kier alpha value is -2.70. The monoisotopic (exact) mass is 288 g/mol. The molecular formula is C14H16N4O3. The van der Waals surface area contributed by atoms with E-state index in [0.717, 1.165) is 5.56 Å². The highest BCUT2D eigenvalue weighted by molar-refractivity contribution is 6.21. The van der Waals surface area contributed by atoms with Gasteiger partial charge >= 0.3 is 6.03 Å². The van der Waals surface area contributed by atoms with Gasteiger partial charge in [-0.2, -0.15) is 5.10 Å².